The van der Waals surface area contributed by atoms with Gasteiger partial charge in [-0.05, 0) is 25.7 Å². The summed E-state index contributed by atoms with van der Waals surface area (Å²) in [6.07, 6.45) is 7.86. The SMILES string of the molecule is CCCCCC1CCC[C@H](O)O1. The summed E-state index contributed by atoms with van der Waals surface area (Å²) in [7, 11) is 0. The molecule has 0 amide bonds. The van der Waals surface area contributed by atoms with Gasteiger partial charge in [0, 0.05) is 0 Å². The van der Waals surface area contributed by atoms with Gasteiger partial charge in [-0.15, -0.1) is 0 Å². The van der Waals surface area contributed by atoms with Crippen LogP contribution in [0, 0.1) is 0 Å². The lowest BCUT2D eigenvalue weighted by molar-refractivity contribution is -0.164. The van der Waals surface area contributed by atoms with E-state index in [9.17, 15) is 5.11 Å². The molecule has 72 valence electrons. The molecule has 1 N–H and O–H groups in total. The van der Waals surface area contributed by atoms with Crippen LogP contribution in [-0.2, 0) is 4.74 Å². The van der Waals surface area contributed by atoms with E-state index in [1.807, 2.05) is 0 Å². The van der Waals surface area contributed by atoms with E-state index in [1.165, 1.54) is 19.3 Å². The minimum absolute atomic E-state index is 0.334. The molecule has 0 aromatic heterocycles. The van der Waals surface area contributed by atoms with Crippen LogP contribution < -0.4 is 0 Å². The van der Waals surface area contributed by atoms with Crippen molar-refractivity contribution in [3.05, 3.63) is 0 Å². The van der Waals surface area contributed by atoms with Crippen molar-refractivity contribution in [2.75, 3.05) is 0 Å². The summed E-state index contributed by atoms with van der Waals surface area (Å²) in [5.74, 6) is 0. The largest absolute Gasteiger partial charge is 0.368 e. The summed E-state index contributed by atoms with van der Waals surface area (Å²) in [4.78, 5) is 0. The maximum atomic E-state index is 9.21. The van der Waals surface area contributed by atoms with Crippen molar-refractivity contribution in [2.45, 2.75) is 64.3 Å². The fourth-order valence-electron chi connectivity index (χ4n) is 1.71. The van der Waals surface area contributed by atoms with Gasteiger partial charge in [-0.25, -0.2) is 0 Å². The van der Waals surface area contributed by atoms with Crippen LogP contribution in [0.25, 0.3) is 0 Å². The summed E-state index contributed by atoms with van der Waals surface area (Å²) in [5.41, 5.74) is 0. The van der Waals surface area contributed by atoms with Crippen LogP contribution in [0.15, 0.2) is 0 Å². The highest BCUT2D eigenvalue weighted by molar-refractivity contribution is 4.65. The summed E-state index contributed by atoms with van der Waals surface area (Å²) in [5, 5.41) is 9.21. The van der Waals surface area contributed by atoms with E-state index in [1.54, 1.807) is 0 Å². The fourth-order valence-corrected chi connectivity index (χ4v) is 1.71. The first kappa shape index (κ1) is 10.0. The number of rotatable bonds is 4. The van der Waals surface area contributed by atoms with E-state index in [-0.39, 0.29) is 0 Å². The molecule has 0 aromatic carbocycles. The zero-order valence-electron chi connectivity index (χ0n) is 7.96. The highest BCUT2D eigenvalue weighted by atomic mass is 16.6. The molecule has 2 nitrogen and oxygen atoms in total. The van der Waals surface area contributed by atoms with Crippen LogP contribution >= 0.6 is 0 Å². The standard InChI is InChI=1S/C10H20O2/c1-2-3-4-6-9-7-5-8-10(11)12-9/h9-11H,2-8H2,1H3/t9?,10-/m1/s1. The van der Waals surface area contributed by atoms with E-state index in [4.69, 9.17) is 4.74 Å². The molecule has 1 aliphatic heterocycles. The van der Waals surface area contributed by atoms with Crippen molar-refractivity contribution < 1.29 is 9.84 Å². The van der Waals surface area contributed by atoms with Gasteiger partial charge < -0.3 is 9.84 Å². The zero-order valence-corrected chi connectivity index (χ0v) is 7.96. The minimum atomic E-state index is -0.481. The Labute approximate surface area is 74.9 Å². The number of hydrogen-bond donors (Lipinski definition) is 1. The number of hydrogen-bond acceptors (Lipinski definition) is 2. The Bertz CT molecular complexity index is 114. The predicted octanol–water partition coefficient (Wildman–Crippen LogP) is 2.45. The van der Waals surface area contributed by atoms with Crippen LogP contribution in [0.2, 0.25) is 0 Å². The average molecular weight is 172 g/mol. The normalized spacial score (nSPS) is 30.5. The molecule has 0 aliphatic carbocycles. The monoisotopic (exact) mass is 172 g/mol. The number of unbranched alkanes of at least 4 members (excludes halogenated alkanes) is 2. The third-order valence-electron chi connectivity index (χ3n) is 2.46. The van der Waals surface area contributed by atoms with E-state index in [0.717, 1.165) is 25.7 Å². The lowest BCUT2D eigenvalue weighted by Gasteiger charge is -2.26. The van der Waals surface area contributed by atoms with Gasteiger partial charge in [0.25, 0.3) is 0 Å². The second-order valence-corrected chi connectivity index (χ2v) is 3.64. The van der Waals surface area contributed by atoms with E-state index >= 15 is 0 Å². The van der Waals surface area contributed by atoms with Crippen molar-refractivity contribution in [1.82, 2.24) is 0 Å². The quantitative estimate of drug-likeness (QED) is 0.660. The van der Waals surface area contributed by atoms with E-state index < -0.39 is 6.29 Å². The summed E-state index contributed by atoms with van der Waals surface area (Å²) >= 11 is 0. The summed E-state index contributed by atoms with van der Waals surface area (Å²) in [6, 6.07) is 0. The second-order valence-electron chi connectivity index (χ2n) is 3.64. The first-order chi connectivity index (χ1) is 5.83. The van der Waals surface area contributed by atoms with Gasteiger partial charge in [0.2, 0.25) is 0 Å². The number of aliphatic hydroxyl groups excluding tert-OH is 1. The molecule has 2 heteroatoms. The Morgan fingerprint density at radius 2 is 2.17 bits per heavy atom. The smallest absolute Gasteiger partial charge is 0.154 e. The number of ether oxygens (including phenoxy) is 1. The molecule has 1 aliphatic rings. The van der Waals surface area contributed by atoms with Crippen molar-refractivity contribution >= 4 is 0 Å². The molecule has 1 fully saturated rings. The summed E-state index contributed by atoms with van der Waals surface area (Å²) < 4.78 is 5.39. The third kappa shape index (κ3) is 3.55. The van der Waals surface area contributed by atoms with Crippen LogP contribution in [0.1, 0.15) is 51.9 Å². The van der Waals surface area contributed by atoms with Gasteiger partial charge in [-0.1, -0.05) is 26.2 Å². The Hall–Kier alpha value is -0.0800. The maximum Gasteiger partial charge on any atom is 0.154 e. The lowest BCUT2D eigenvalue weighted by Crippen LogP contribution is -2.27. The second kappa shape index (κ2) is 5.55. The Morgan fingerprint density at radius 1 is 1.33 bits per heavy atom. The fraction of sp³-hybridized carbons (Fsp3) is 1.00. The first-order valence-corrected chi connectivity index (χ1v) is 5.16. The van der Waals surface area contributed by atoms with Crippen LogP contribution in [0.5, 0.6) is 0 Å². The van der Waals surface area contributed by atoms with Gasteiger partial charge in [0.1, 0.15) is 0 Å². The Morgan fingerprint density at radius 3 is 2.83 bits per heavy atom. The molecule has 0 radical (unpaired) electrons. The molecule has 1 heterocycles. The lowest BCUT2D eigenvalue weighted by atomic mass is 10.0. The minimum Gasteiger partial charge on any atom is -0.368 e. The molecular formula is C10H20O2. The summed E-state index contributed by atoms with van der Waals surface area (Å²) in [6.45, 7) is 2.20. The van der Waals surface area contributed by atoms with Gasteiger partial charge in [0.15, 0.2) is 6.29 Å². The Kier molecular flexibility index (Phi) is 4.62. The van der Waals surface area contributed by atoms with Crippen LogP contribution in [-0.4, -0.2) is 17.5 Å². The molecule has 0 saturated carbocycles. The van der Waals surface area contributed by atoms with Crippen LogP contribution in [0.4, 0.5) is 0 Å². The molecule has 1 unspecified atom stereocenters. The molecule has 1 rings (SSSR count). The van der Waals surface area contributed by atoms with Gasteiger partial charge >= 0.3 is 0 Å². The molecule has 12 heavy (non-hydrogen) atoms. The Balaban J connectivity index is 2.06. The molecule has 0 aromatic rings. The van der Waals surface area contributed by atoms with E-state index in [0.29, 0.717) is 6.10 Å². The topological polar surface area (TPSA) is 29.5 Å². The van der Waals surface area contributed by atoms with Crippen molar-refractivity contribution in [3.63, 3.8) is 0 Å². The first-order valence-electron chi connectivity index (χ1n) is 5.16. The third-order valence-corrected chi connectivity index (χ3v) is 2.46. The van der Waals surface area contributed by atoms with Crippen LogP contribution in [0.3, 0.4) is 0 Å². The van der Waals surface area contributed by atoms with Crippen molar-refractivity contribution in [1.29, 1.82) is 0 Å². The van der Waals surface area contributed by atoms with Crippen molar-refractivity contribution in [3.8, 4) is 0 Å². The molecular weight excluding hydrogens is 152 g/mol. The molecule has 2 atom stereocenters. The molecule has 0 bridgehead atoms. The van der Waals surface area contributed by atoms with Gasteiger partial charge in [-0.3, -0.25) is 0 Å². The molecule has 0 spiro atoms. The number of aliphatic hydroxyl groups is 1. The van der Waals surface area contributed by atoms with Crippen molar-refractivity contribution in [2.24, 2.45) is 0 Å². The van der Waals surface area contributed by atoms with Gasteiger partial charge in [0.05, 0.1) is 6.10 Å². The van der Waals surface area contributed by atoms with Gasteiger partial charge in [-0.2, -0.15) is 0 Å². The molecule has 1 saturated heterocycles. The highest BCUT2D eigenvalue weighted by Crippen LogP contribution is 2.21. The highest BCUT2D eigenvalue weighted by Gasteiger charge is 2.19. The zero-order chi connectivity index (χ0) is 8.81. The van der Waals surface area contributed by atoms with E-state index in [2.05, 4.69) is 6.92 Å². The average Bonchev–Trinajstić information content (AvgIpc) is 2.05. The predicted molar refractivity (Wildman–Crippen MR) is 48.9 cm³/mol. The maximum absolute atomic E-state index is 9.21.